The van der Waals surface area contributed by atoms with Crippen molar-refractivity contribution in [1.82, 2.24) is 10.6 Å². The van der Waals surface area contributed by atoms with Gasteiger partial charge in [-0.05, 0) is 20.8 Å². The summed E-state index contributed by atoms with van der Waals surface area (Å²) in [6.45, 7) is 7.00. The topological polar surface area (TPSA) is 76.7 Å². The van der Waals surface area contributed by atoms with Crippen LogP contribution in [0.1, 0.15) is 20.8 Å². The number of hydrogen-bond acceptors (Lipinski definition) is 5. The van der Waals surface area contributed by atoms with E-state index in [9.17, 15) is 9.59 Å². The standard InChI is InChI=1S/C11H22N2O4/c1-4-17-11(15)8-16-6-5-12-7-10(14)13-9(2)3/h9,12H,4-8H2,1-3H3,(H,13,14). The number of amides is 1. The first-order chi connectivity index (χ1) is 8.06. The number of ether oxygens (including phenoxy) is 2. The summed E-state index contributed by atoms with van der Waals surface area (Å²) in [4.78, 5) is 22.1. The molecule has 0 heterocycles. The summed E-state index contributed by atoms with van der Waals surface area (Å²) in [6.07, 6.45) is 0. The number of rotatable bonds is 9. The molecule has 0 aliphatic rings. The average Bonchev–Trinajstić information content (AvgIpc) is 2.22. The lowest BCUT2D eigenvalue weighted by atomic mass is 10.4. The highest BCUT2D eigenvalue weighted by atomic mass is 16.6. The van der Waals surface area contributed by atoms with Gasteiger partial charge in [-0.3, -0.25) is 4.79 Å². The van der Waals surface area contributed by atoms with Crippen molar-refractivity contribution in [2.45, 2.75) is 26.8 Å². The van der Waals surface area contributed by atoms with E-state index in [0.29, 0.717) is 19.8 Å². The third-order valence-corrected chi connectivity index (χ3v) is 1.68. The molecular formula is C11H22N2O4. The van der Waals surface area contributed by atoms with E-state index < -0.39 is 0 Å². The third kappa shape index (κ3) is 11.1. The maximum absolute atomic E-state index is 11.2. The van der Waals surface area contributed by atoms with Gasteiger partial charge in [0.25, 0.3) is 0 Å². The van der Waals surface area contributed by atoms with Crippen molar-refractivity contribution in [1.29, 1.82) is 0 Å². The monoisotopic (exact) mass is 246 g/mol. The Kier molecular flexibility index (Phi) is 9.37. The highest BCUT2D eigenvalue weighted by molar-refractivity contribution is 5.78. The van der Waals surface area contributed by atoms with Crippen molar-refractivity contribution in [3.8, 4) is 0 Å². The van der Waals surface area contributed by atoms with Gasteiger partial charge >= 0.3 is 5.97 Å². The molecule has 0 aromatic rings. The van der Waals surface area contributed by atoms with E-state index in [1.54, 1.807) is 6.92 Å². The fourth-order valence-corrected chi connectivity index (χ4v) is 1.08. The van der Waals surface area contributed by atoms with E-state index in [4.69, 9.17) is 4.74 Å². The van der Waals surface area contributed by atoms with Crippen molar-refractivity contribution in [3.05, 3.63) is 0 Å². The van der Waals surface area contributed by atoms with E-state index >= 15 is 0 Å². The molecule has 0 saturated heterocycles. The molecule has 0 fully saturated rings. The highest BCUT2D eigenvalue weighted by Gasteiger charge is 2.03. The first-order valence-electron chi connectivity index (χ1n) is 5.79. The number of esters is 1. The lowest BCUT2D eigenvalue weighted by Crippen LogP contribution is -2.38. The second kappa shape index (κ2) is 10.0. The lowest BCUT2D eigenvalue weighted by Gasteiger charge is -2.09. The summed E-state index contributed by atoms with van der Waals surface area (Å²) in [5, 5.41) is 5.66. The normalized spacial score (nSPS) is 10.4. The minimum absolute atomic E-state index is 0.0479. The number of hydrogen-bond donors (Lipinski definition) is 2. The van der Waals surface area contributed by atoms with Crippen LogP contribution in [0.15, 0.2) is 0 Å². The zero-order valence-electron chi connectivity index (χ0n) is 10.7. The summed E-state index contributed by atoms with van der Waals surface area (Å²) in [7, 11) is 0. The number of nitrogens with one attached hydrogen (secondary N) is 2. The first-order valence-corrected chi connectivity index (χ1v) is 5.79. The Bertz CT molecular complexity index is 232. The Hall–Kier alpha value is -1.14. The fraction of sp³-hybridized carbons (Fsp3) is 0.818. The highest BCUT2D eigenvalue weighted by Crippen LogP contribution is 1.81. The van der Waals surface area contributed by atoms with Crippen LogP contribution in [0, 0.1) is 0 Å². The van der Waals surface area contributed by atoms with Gasteiger partial charge < -0.3 is 20.1 Å². The molecule has 0 aromatic heterocycles. The van der Waals surface area contributed by atoms with Crippen LogP contribution >= 0.6 is 0 Å². The molecule has 17 heavy (non-hydrogen) atoms. The second-order valence-corrected chi connectivity index (χ2v) is 3.76. The maximum atomic E-state index is 11.2. The van der Waals surface area contributed by atoms with Crippen LogP contribution in [0.2, 0.25) is 0 Å². The zero-order chi connectivity index (χ0) is 13.1. The molecule has 0 unspecified atom stereocenters. The van der Waals surface area contributed by atoms with Gasteiger partial charge in [-0.1, -0.05) is 0 Å². The van der Waals surface area contributed by atoms with Crippen LogP contribution in [0.4, 0.5) is 0 Å². The van der Waals surface area contributed by atoms with Crippen LogP contribution in [-0.4, -0.2) is 50.8 Å². The van der Waals surface area contributed by atoms with E-state index in [2.05, 4.69) is 15.4 Å². The molecule has 0 rings (SSSR count). The molecule has 0 aliphatic carbocycles. The van der Waals surface area contributed by atoms with E-state index in [-0.39, 0.29) is 31.1 Å². The smallest absolute Gasteiger partial charge is 0.332 e. The molecule has 0 radical (unpaired) electrons. The first kappa shape index (κ1) is 15.9. The summed E-state index contributed by atoms with van der Waals surface area (Å²) < 4.78 is 9.72. The number of carbonyl (C=O) groups is 2. The Morgan fingerprint density at radius 2 is 2.00 bits per heavy atom. The van der Waals surface area contributed by atoms with Crippen LogP contribution in [0.3, 0.4) is 0 Å². The quantitative estimate of drug-likeness (QED) is 0.431. The van der Waals surface area contributed by atoms with Crippen LogP contribution in [0.5, 0.6) is 0 Å². The predicted octanol–water partition coefficient (Wildman–Crippen LogP) is -0.320. The van der Waals surface area contributed by atoms with Gasteiger partial charge in [-0.15, -0.1) is 0 Å². The number of carbonyl (C=O) groups excluding carboxylic acids is 2. The molecule has 0 atom stereocenters. The summed E-state index contributed by atoms with van der Waals surface area (Å²) in [6, 6.07) is 0.143. The Labute approximate surface area is 102 Å². The van der Waals surface area contributed by atoms with Gasteiger partial charge in [0.1, 0.15) is 6.61 Å². The molecule has 6 nitrogen and oxygen atoms in total. The Morgan fingerprint density at radius 3 is 2.59 bits per heavy atom. The van der Waals surface area contributed by atoms with E-state index in [1.165, 1.54) is 0 Å². The van der Waals surface area contributed by atoms with Crippen molar-refractivity contribution < 1.29 is 19.1 Å². The van der Waals surface area contributed by atoms with Crippen LogP contribution < -0.4 is 10.6 Å². The molecule has 0 aromatic carbocycles. The van der Waals surface area contributed by atoms with E-state index in [1.807, 2.05) is 13.8 Å². The Morgan fingerprint density at radius 1 is 1.29 bits per heavy atom. The fourth-order valence-electron chi connectivity index (χ4n) is 1.08. The summed E-state index contributed by atoms with van der Waals surface area (Å²) >= 11 is 0. The average molecular weight is 246 g/mol. The van der Waals surface area contributed by atoms with Crippen molar-refractivity contribution in [2.75, 3.05) is 32.9 Å². The zero-order valence-corrected chi connectivity index (χ0v) is 10.7. The van der Waals surface area contributed by atoms with E-state index in [0.717, 1.165) is 0 Å². The Balaban J connectivity index is 3.29. The van der Waals surface area contributed by atoms with Gasteiger partial charge in [0, 0.05) is 12.6 Å². The molecule has 0 spiro atoms. The largest absolute Gasteiger partial charge is 0.464 e. The minimum Gasteiger partial charge on any atom is -0.464 e. The lowest BCUT2D eigenvalue weighted by molar-refractivity contribution is -0.148. The third-order valence-electron chi connectivity index (χ3n) is 1.68. The molecular weight excluding hydrogens is 224 g/mol. The van der Waals surface area contributed by atoms with Gasteiger partial charge in [-0.25, -0.2) is 4.79 Å². The van der Waals surface area contributed by atoms with Crippen LogP contribution in [0.25, 0.3) is 0 Å². The maximum Gasteiger partial charge on any atom is 0.332 e. The van der Waals surface area contributed by atoms with Gasteiger partial charge in [0.2, 0.25) is 5.91 Å². The summed E-state index contributed by atoms with van der Waals surface area (Å²) in [5.41, 5.74) is 0. The van der Waals surface area contributed by atoms with Gasteiger partial charge in [-0.2, -0.15) is 0 Å². The molecule has 2 N–H and O–H groups in total. The summed E-state index contributed by atoms with van der Waals surface area (Å²) in [5.74, 6) is -0.421. The van der Waals surface area contributed by atoms with Gasteiger partial charge in [0.05, 0.1) is 19.8 Å². The molecule has 0 bridgehead atoms. The predicted molar refractivity (Wildman–Crippen MR) is 63.6 cm³/mol. The molecule has 0 saturated carbocycles. The van der Waals surface area contributed by atoms with Crippen molar-refractivity contribution in [2.24, 2.45) is 0 Å². The van der Waals surface area contributed by atoms with Crippen molar-refractivity contribution >= 4 is 11.9 Å². The minimum atomic E-state index is -0.370. The second-order valence-electron chi connectivity index (χ2n) is 3.76. The molecule has 100 valence electrons. The molecule has 0 aliphatic heterocycles. The van der Waals surface area contributed by atoms with Gasteiger partial charge in [0.15, 0.2) is 0 Å². The molecule has 1 amide bonds. The SMILES string of the molecule is CCOC(=O)COCCNCC(=O)NC(C)C. The van der Waals surface area contributed by atoms with Crippen molar-refractivity contribution in [3.63, 3.8) is 0 Å². The van der Waals surface area contributed by atoms with Crippen LogP contribution in [-0.2, 0) is 19.1 Å². The molecule has 6 heteroatoms.